The molecule has 11 aromatic carbocycles. The Bertz CT molecular complexity index is 3960. The first-order chi connectivity index (χ1) is 34.3. The quantitative estimate of drug-likeness (QED) is 0.141. The van der Waals surface area contributed by atoms with Crippen LogP contribution >= 0.6 is 0 Å². The van der Waals surface area contributed by atoms with Gasteiger partial charge in [0.25, 0.3) is 0 Å². The van der Waals surface area contributed by atoms with Crippen molar-refractivity contribution in [3.63, 3.8) is 0 Å². The molecule has 324 valence electrons. The first-order valence-corrected chi connectivity index (χ1v) is 23.7. The van der Waals surface area contributed by atoms with E-state index >= 15 is 0 Å². The van der Waals surface area contributed by atoms with Crippen molar-refractivity contribution in [1.29, 1.82) is 0 Å². The van der Waals surface area contributed by atoms with Crippen LogP contribution in [0.3, 0.4) is 0 Å². The molecule has 0 spiro atoms. The van der Waals surface area contributed by atoms with Gasteiger partial charge in [0.1, 0.15) is 0 Å². The minimum Gasteiger partial charge on any atom is -0.310 e. The summed E-state index contributed by atoms with van der Waals surface area (Å²) in [5.74, 6) is 0. The van der Waals surface area contributed by atoms with Crippen molar-refractivity contribution in [2.45, 2.75) is 0 Å². The molecular weight excluding hydrogens is 835 g/mol. The molecule has 0 unspecified atom stereocenters. The van der Waals surface area contributed by atoms with E-state index in [1.54, 1.807) is 0 Å². The summed E-state index contributed by atoms with van der Waals surface area (Å²) < 4.78 is 4.81. The van der Waals surface area contributed by atoms with Crippen molar-refractivity contribution >= 4 is 60.7 Å². The maximum absolute atomic E-state index is 2.45. The number of hydrogen-bond donors (Lipinski definition) is 0. The minimum absolute atomic E-state index is 1.06. The van der Waals surface area contributed by atoms with Crippen LogP contribution in [-0.4, -0.2) is 9.13 Å². The lowest BCUT2D eigenvalue weighted by atomic mass is 9.88. The molecule has 0 amide bonds. The van der Waals surface area contributed by atoms with E-state index in [9.17, 15) is 0 Å². The summed E-state index contributed by atoms with van der Waals surface area (Å²) in [6, 6.07) is 99.2. The molecule has 0 saturated carbocycles. The number of para-hydroxylation sites is 6. The van der Waals surface area contributed by atoms with Gasteiger partial charge in [-0.15, -0.1) is 0 Å². The largest absolute Gasteiger partial charge is 0.310 e. The zero-order valence-corrected chi connectivity index (χ0v) is 37.8. The SMILES string of the molecule is c1ccc(-c2ccccc2-c2ccccc2-c2ccccc2N(c2ccc(-c3ccccc3-n3c4ccccc4c4ccccc43)cc2)c2ccc3c(c2)c2ccccc2n3-c2ccccc2)cc1. The number of anilines is 3. The third kappa shape index (κ3) is 6.82. The summed E-state index contributed by atoms with van der Waals surface area (Å²) in [5, 5.41) is 4.91. The molecule has 2 aromatic heterocycles. The molecule has 0 fully saturated rings. The van der Waals surface area contributed by atoms with Crippen LogP contribution in [0.15, 0.2) is 273 Å². The van der Waals surface area contributed by atoms with E-state index in [1.165, 1.54) is 77.0 Å². The molecule has 2 heterocycles. The Morgan fingerprint density at radius 2 is 0.667 bits per heavy atom. The van der Waals surface area contributed by atoms with Crippen LogP contribution in [0.25, 0.3) is 99.5 Å². The Labute approximate surface area is 401 Å². The van der Waals surface area contributed by atoms with Crippen molar-refractivity contribution in [2.24, 2.45) is 0 Å². The normalized spacial score (nSPS) is 11.5. The van der Waals surface area contributed by atoms with Gasteiger partial charge >= 0.3 is 0 Å². The fourth-order valence-electron chi connectivity index (χ4n) is 10.7. The summed E-state index contributed by atoms with van der Waals surface area (Å²) in [4.78, 5) is 2.45. The van der Waals surface area contributed by atoms with Gasteiger partial charge in [0.15, 0.2) is 0 Å². The first kappa shape index (κ1) is 40.1. The minimum atomic E-state index is 1.06. The Morgan fingerprint density at radius 1 is 0.246 bits per heavy atom. The fraction of sp³-hybridized carbons (Fsp3) is 0. The van der Waals surface area contributed by atoms with E-state index in [1.807, 2.05) is 0 Å². The van der Waals surface area contributed by atoms with Gasteiger partial charge in [0.2, 0.25) is 0 Å². The maximum atomic E-state index is 2.45. The van der Waals surface area contributed by atoms with Gasteiger partial charge in [-0.25, -0.2) is 0 Å². The van der Waals surface area contributed by atoms with E-state index in [0.29, 0.717) is 0 Å². The molecule has 13 rings (SSSR count). The van der Waals surface area contributed by atoms with Crippen molar-refractivity contribution in [1.82, 2.24) is 9.13 Å². The summed E-state index contributed by atoms with van der Waals surface area (Å²) >= 11 is 0. The lowest BCUT2D eigenvalue weighted by molar-refractivity contribution is 1.18. The number of rotatable bonds is 9. The third-order valence-electron chi connectivity index (χ3n) is 13.8. The highest BCUT2D eigenvalue weighted by Crippen LogP contribution is 2.47. The molecular formula is C66H45N3. The average Bonchev–Trinajstić information content (AvgIpc) is 3.94. The molecule has 0 aliphatic rings. The summed E-state index contributed by atoms with van der Waals surface area (Å²) in [5.41, 5.74) is 19.7. The second-order valence-electron chi connectivity index (χ2n) is 17.6. The van der Waals surface area contributed by atoms with E-state index < -0.39 is 0 Å². The smallest absolute Gasteiger partial charge is 0.0542 e. The Kier molecular flexibility index (Phi) is 9.84. The second kappa shape index (κ2) is 16.9. The van der Waals surface area contributed by atoms with E-state index in [2.05, 4.69) is 287 Å². The highest BCUT2D eigenvalue weighted by Gasteiger charge is 2.23. The number of benzene rings is 11. The first-order valence-electron chi connectivity index (χ1n) is 23.7. The zero-order valence-electron chi connectivity index (χ0n) is 37.8. The van der Waals surface area contributed by atoms with Gasteiger partial charge in [-0.2, -0.15) is 0 Å². The number of fused-ring (bicyclic) bond motifs is 6. The second-order valence-corrected chi connectivity index (χ2v) is 17.6. The van der Waals surface area contributed by atoms with Gasteiger partial charge in [-0.1, -0.05) is 200 Å². The van der Waals surface area contributed by atoms with Crippen LogP contribution in [0.4, 0.5) is 17.1 Å². The number of aromatic nitrogens is 2. The molecule has 0 saturated heterocycles. The summed E-state index contributed by atoms with van der Waals surface area (Å²) in [7, 11) is 0. The van der Waals surface area contributed by atoms with Crippen LogP contribution in [0.5, 0.6) is 0 Å². The molecule has 0 radical (unpaired) electrons. The van der Waals surface area contributed by atoms with Crippen molar-refractivity contribution in [3.05, 3.63) is 273 Å². The summed E-state index contributed by atoms with van der Waals surface area (Å²) in [6.45, 7) is 0. The van der Waals surface area contributed by atoms with Gasteiger partial charge < -0.3 is 14.0 Å². The van der Waals surface area contributed by atoms with Crippen LogP contribution in [-0.2, 0) is 0 Å². The summed E-state index contributed by atoms with van der Waals surface area (Å²) in [6.07, 6.45) is 0. The van der Waals surface area contributed by atoms with Crippen LogP contribution in [0.1, 0.15) is 0 Å². The Morgan fingerprint density at radius 3 is 1.32 bits per heavy atom. The predicted octanol–water partition coefficient (Wildman–Crippen LogP) is 18.0. The lowest BCUT2D eigenvalue weighted by Crippen LogP contribution is -2.11. The highest BCUT2D eigenvalue weighted by atomic mass is 15.1. The topological polar surface area (TPSA) is 13.1 Å². The van der Waals surface area contributed by atoms with Gasteiger partial charge in [-0.05, 0) is 106 Å². The fourth-order valence-corrected chi connectivity index (χ4v) is 10.7. The van der Waals surface area contributed by atoms with Crippen LogP contribution < -0.4 is 4.90 Å². The molecule has 13 aromatic rings. The Balaban J connectivity index is 1.01. The van der Waals surface area contributed by atoms with Gasteiger partial charge in [0.05, 0.1) is 33.4 Å². The van der Waals surface area contributed by atoms with Crippen molar-refractivity contribution in [3.8, 4) is 55.9 Å². The monoisotopic (exact) mass is 879 g/mol. The molecule has 3 nitrogen and oxygen atoms in total. The maximum Gasteiger partial charge on any atom is 0.0542 e. The molecule has 0 aliphatic heterocycles. The van der Waals surface area contributed by atoms with Crippen LogP contribution in [0.2, 0.25) is 0 Å². The lowest BCUT2D eigenvalue weighted by Gasteiger charge is -2.29. The molecule has 0 bridgehead atoms. The number of hydrogen-bond acceptors (Lipinski definition) is 1. The molecule has 0 aliphatic carbocycles. The highest BCUT2D eigenvalue weighted by molar-refractivity contribution is 6.12. The molecule has 69 heavy (non-hydrogen) atoms. The van der Waals surface area contributed by atoms with E-state index in [4.69, 9.17) is 0 Å². The van der Waals surface area contributed by atoms with Crippen LogP contribution in [0, 0.1) is 0 Å². The zero-order chi connectivity index (χ0) is 45.7. The van der Waals surface area contributed by atoms with Crippen molar-refractivity contribution in [2.75, 3.05) is 4.90 Å². The molecule has 0 N–H and O–H groups in total. The van der Waals surface area contributed by atoms with E-state index in [0.717, 1.165) is 39.6 Å². The van der Waals surface area contributed by atoms with E-state index in [-0.39, 0.29) is 0 Å². The molecule has 3 heteroatoms. The predicted molar refractivity (Wildman–Crippen MR) is 292 cm³/mol. The average molecular weight is 880 g/mol. The van der Waals surface area contributed by atoms with Crippen molar-refractivity contribution < 1.29 is 0 Å². The molecule has 0 atom stereocenters. The van der Waals surface area contributed by atoms with Gasteiger partial charge in [-0.3, -0.25) is 0 Å². The number of nitrogens with zero attached hydrogens (tertiary/aromatic N) is 3. The third-order valence-corrected chi connectivity index (χ3v) is 13.8. The standard InChI is InChI=1S/C66H45N3/c1-3-21-46(22-4-1)51-25-7-8-27-53(51)54-28-9-10-29-55(54)56-30-12-17-35-62(56)67(50-43-44-66-60(45-50)59-33-15-18-36-63(59)68(66)48-23-5-2-6-24-48)49-41-39-47(40-42-49)52-26-11-16-34-61(52)69-64-37-19-13-31-57(64)58-32-14-20-38-65(58)69/h1-45H. The Hall–Kier alpha value is -9.18. The van der Waals surface area contributed by atoms with Gasteiger partial charge in [0, 0.05) is 49.7 Å².